The molecule has 0 spiro atoms. The largest absolute Gasteiger partial charge is 0.310 e. The van der Waals surface area contributed by atoms with Crippen molar-refractivity contribution in [1.82, 2.24) is 9.97 Å². The van der Waals surface area contributed by atoms with Gasteiger partial charge in [0, 0.05) is 6.42 Å². The Morgan fingerprint density at radius 3 is 2.71 bits per heavy atom. The summed E-state index contributed by atoms with van der Waals surface area (Å²) < 4.78 is 0. The van der Waals surface area contributed by atoms with Gasteiger partial charge >= 0.3 is 0 Å². The molecule has 0 aliphatic carbocycles. The SMILES string of the molecule is CC(C)Cc1csc2nc(Cc3ccccc3)[nH]c(=O)c12. The zero-order chi connectivity index (χ0) is 14.8. The minimum atomic E-state index is -0.0113. The average Bonchev–Trinajstić information content (AvgIpc) is 2.82. The molecule has 0 saturated heterocycles. The van der Waals surface area contributed by atoms with E-state index < -0.39 is 0 Å². The van der Waals surface area contributed by atoms with Crippen molar-refractivity contribution in [3.05, 3.63) is 63.0 Å². The molecular formula is C17H18N2OS. The van der Waals surface area contributed by atoms with Gasteiger partial charge in [0.1, 0.15) is 10.7 Å². The first-order chi connectivity index (χ1) is 10.1. The molecule has 0 amide bonds. The lowest BCUT2D eigenvalue weighted by molar-refractivity contribution is 0.651. The van der Waals surface area contributed by atoms with Gasteiger partial charge in [-0.3, -0.25) is 4.79 Å². The maximum Gasteiger partial charge on any atom is 0.259 e. The van der Waals surface area contributed by atoms with Gasteiger partial charge in [-0.25, -0.2) is 4.98 Å². The second-order valence-electron chi connectivity index (χ2n) is 5.71. The van der Waals surface area contributed by atoms with Crippen LogP contribution in [0.5, 0.6) is 0 Å². The number of fused-ring (bicyclic) bond motifs is 1. The smallest absolute Gasteiger partial charge is 0.259 e. The lowest BCUT2D eigenvalue weighted by atomic mass is 10.0. The van der Waals surface area contributed by atoms with Crippen LogP contribution in [-0.4, -0.2) is 9.97 Å². The molecule has 0 bridgehead atoms. The van der Waals surface area contributed by atoms with Gasteiger partial charge in [-0.1, -0.05) is 44.2 Å². The van der Waals surface area contributed by atoms with Crippen LogP contribution in [0.4, 0.5) is 0 Å². The number of H-pyrrole nitrogens is 1. The van der Waals surface area contributed by atoms with Crippen LogP contribution in [0.15, 0.2) is 40.5 Å². The standard InChI is InChI=1S/C17H18N2OS/c1-11(2)8-13-10-21-17-15(13)16(20)18-14(19-17)9-12-6-4-3-5-7-12/h3-7,10-11H,8-9H2,1-2H3,(H,18,19,20). The molecule has 2 aromatic heterocycles. The molecule has 0 saturated carbocycles. The van der Waals surface area contributed by atoms with Gasteiger partial charge in [0.15, 0.2) is 0 Å². The predicted molar refractivity (Wildman–Crippen MR) is 88.0 cm³/mol. The molecule has 108 valence electrons. The number of aromatic nitrogens is 2. The van der Waals surface area contributed by atoms with Crippen LogP contribution in [-0.2, 0) is 12.8 Å². The summed E-state index contributed by atoms with van der Waals surface area (Å²) in [6.07, 6.45) is 1.58. The molecule has 3 aromatic rings. The monoisotopic (exact) mass is 298 g/mol. The highest BCUT2D eigenvalue weighted by Gasteiger charge is 2.12. The number of hydrogen-bond donors (Lipinski definition) is 1. The van der Waals surface area contributed by atoms with Gasteiger partial charge < -0.3 is 4.98 Å². The van der Waals surface area contributed by atoms with Gasteiger partial charge in [-0.15, -0.1) is 11.3 Å². The summed E-state index contributed by atoms with van der Waals surface area (Å²) >= 11 is 1.56. The lowest BCUT2D eigenvalue weighted by Crippen LogP contribution is -2.12. The zero-order valence-electron chi connectivity index (χ0n) is 12.2. The second kappa shape index (κ2) is 5.82. The van der Waals surface area contributed by atoms with E-state index in [1.807, 2.05) is 30.3 Å². The molecule has 0 aliphatic rings. The van der Waals surface area contributed by atoms with Gasteiger partial charge in [-0.05, 0) is 28.8 Å². The van der Waals surface area contributed by atoms with Crippen LogP contribution in [0, 0.1) is 5.92 Å². The highest BCUT2D eigenvalue weighted by Crippen LogP contribution is 2.23. The number of hydrogen-bond acceptors (Lipinski definition) is 3. The minimum Gasteiger partial charge on any atom is -0.310 e. The van der Waals surface area contributed by atoms with E-state index in [-0.39, 0.29) is 5.56 Å². The quantitative estimate of drug-likeness (QED) is 0.797. The third-order valence-corrected chi connectivity index (χ3v) is 4.33. The van der Waals surface area contributed by atoms with Gasteiger partial charge in [-0.2, -0.15) is 0 Å². The molecule has 1 N–H and O–H groups in total. The van der Waals surface area contributed by atoms with Crippen LogP contribution >= 0.6 is 11.3 Å². The van der Waals surface area contributed by atoms with E-state index in [2.05, 4.69) is 29.2 Å². The Balaban J connectivity index is 1.99. The molecule has 1 aromatic carbocycles. The van der Waals surface area contributed by atoms with Crippen molar-refractivity contribution in [2.75, 3.05) is 0 Å². The van der Waals surface area contributed by atoms with Crippen molar-refractivity contribution in [2.24, 2.45) is 5.92 Å². The number of rotatable bonds is 4. The summed E-state index contributed by atoms with van der Waals surface area (Å²) in [5, 5.41) is 2.84. The van der Waals surface area contributed by atoms with E-state index in [9.17, 15) is 4.79 Å². The van der Waals surface area contributed by atoms with E-state index in [1.54, 1.807) is 11.3 Å². The molecule has 0 aliphatic heterocycles. The van der Waals surface area contributed by atoms with Crippen LogP contribution in [0.2, 0.25) is 0 Å². The summed E-state index contributed by atoms with van der Waals surface area (Å²) in [5.74, 6) is 1.27. The van der Waals surface area contributed by atoms with Crippen molar-refractivity contribution in [2.45, 2.75) is 26.7 Å². The third-order valence-electron chi connectivity index (χ3n) is 3.41. The molecular weight excluding hydrogens is 280 g/mol. The Morgan fingerprint density at radius 1 is 1.24 bits per heavy atom. The highest BCUT2D eigenvalue weighted by molar-refractivity contribution is 7.16. The highest BCUT2D eigenvalue weighted by atomic mass is 32.1. The minimum absolute atomic E-state index is 0.0113. The number of thiophene rings is 1. The van der Waals surface area contributed by atoms with Crippen LogP contribution < -0.4 is 5.56 Å². The maximum absolute atomic E-state index is 12.4. The Hall–Kier alpha value is -1.94. The third kappa shape index (κ3) is 3.05. The molecule has 21 heavy (non-hydrogen) atoms. The van der Waals surface area contributed by atoms with E-state index in [0.29, 0.717) is 12.3 Å². The Morgan fingerprint density at radius 2 is 2.00 bits per heavy atom. The summed E-state index contributed by atoms with van der Waals surface area (Å²) in [4.78, 5) is 20.8. The first kappa shape index (κ1) is 14.0. The molecule has 0 unspecified atom stereocenters. The van der Waals surface area contributed by atoms with E-state index in [1.165, 1.54) is 0 Å². The summed E-state index contributed by atoms with van der Waals surface area (Å²) in [7, 11) is 0. The molecule has 3 nitrogen and oxygen atoms in total. The van der Waals surface area contributed by atoms with E-state index in [4.69, 9.17) is 0 Å². The molecule has 4 heteroatoms. The first-order valence-corrected chi connectivity index (χ1v) is 8.04. The van der Waals surface area contributed by atoms with Crippen molar-refractivity contribution < 1.29 is 0 Å². The topological polar surface area (TPSA) is 45.8 Å². The fourth-order valence-corrected chi connectivity index (χ4v) is 3.49. The molecule has 0 fully saturated rings. The summed E-state index contributed by atoms with van der Waals surface area (Å²) in [6, 6.07) is 10.1. The zero-order valence-corrected chi connectivity index (χ0v) is 13.0. The first-order valence-electron chi connectivity index (χ1n) is 7.16. The fourth-order valence-electron chi connectivity index (χ4n) is 2.51. The molecule has 0 radical (unpaired) electrons. The van der Waals surface area contributed by atoms with Crippen LogP contribution in [0.3, 0.4) is 0 Å². The van der Waals surface area contributed by atoms with E-state index in [0.717, 1.165) is 33.6 Å². The number of nitrogens with one attached hydrogen (secondary N) is 1. The number of nitrogens with zero attached hydrogens (tertiary/aromatic N) is 1. The number of benzene rings is 1. The molecule has 3 rings (SSSR count). The van der Waals surface area contributed by atoms with Crippen molar-refractivity contribution in [3.63, 3.8) is 0 Å². The molecule has 0 atom stereocenters. The fraction of sp³-hybridized carbons (Fsp3) is 0.294. The molecule has 2 heterocycles. The van der Waals surface area contributed by atoms with E-state index >= 15 is 0 Å². The van der Waals surface area contributed by atoms with Gasteiger partial charge in [0.2, 0.25) is 0 Å². The van der Waals surface area contributed by atoms with Crippen LogP contribution in [0.1, 0.15) is 30.8 Å². The van der Waals surface area contributed by atoms with Gasteiger partial charge in [0.25, 0.3) is 5.56 Å². The second-order valence-corrected chi connectivity index (χ2v) is 6.57. The summed E-state index contributed by atoms with van der Waals surface area (Å²) in [5.41, 5.74) is 2.26. The Bertz CT molecular complexity index is 803. The van der Waals surface area contributed by atoms with Crippen LogP contribution in [0.25, 0.3) is 10.2 Å². The van der Waals surface area contributed by atoms with Crippen molar-refractivity contribution >= 4 is 21.6 Å². The number of aromatic amines is 1. The Labute approximate surface area is 127 Å². The lowest BCUT2D eigenvalue weighted by Gasteiger charge is -2.04. The maximum atomic E-state index is 12.4. The van der Waals surface area contributed by atoms with Crippen molar-refractivity contribution in [1.29, 1.82) is 0 Å². The summed E-state index contributed by atoms with van der Waals surface area (Å²) in [6.45, 7) is 4.32. The Kier molecular flexibility index (Phi) is 3.88. The van der Waals surface area contributed by atoms with Crippen molar-refractivity contribution in [3.8, 4) is 0 Å². The normalized spacial score (nSPS) is 11.4. The average molecular weight is 298 g/mol. The predicted octanol–water partition coefficient (Wildman–Crippen LogP) is 3.77. The van der Waals surface area contributed by atoms with Gasteiger partial charge in [0.05, 0.1) is 5.39 Å².